The molecule has 0 aliphatic carbocycles. The van der Waals surface area contributed by atoms with Crippen molar-refractivity contribution in [2.45, 2.75) is 129 Å². The number of hydrogen-bond donors (Lipinski definition) is 0. The van der Waals surface area contributed by atoms with Crippen molar-refractivity contribution in [3.05, 3.63) is 0 Å². The van der Waals surface area contributed by atoms with Crippen LogP contribution in [-0.4, -0.2) is 41.0 Å². The van der Waals surface area contributed by atoms with Crippen molar-refractivity contribution in [3.63, 3.8) is 0 Å². The van der Waals surface area contributed by atoms with E-state index in [0.29, 0.717) is 6.61 Å². The minimum absolute atomic E-state index is 0.186. The van der Waals surface area contributed by atoms with Gasteiger partial charge in [-0.15, -0.1) is 0 Å². The van der Waals surface area contributed by atoms with Crippen molar-refractivity contribution < 1.29 is 18.9 Å². The molecular weight excluding hydrogens is 376 g/mol. The lowest BCUT2D eigenvalue weighted by molar-refractivity contribution is -0.412. The smallest absolute Gasteiger partial charge is 0.288 e. The van der Waals surface area contributed by atoms with E-state index in [0.717, 1.165) is 19.3 Å². The number of hydrogen-bond acceptors (Lipinski definition) is 4. The van der Waals surface area contributed by atoms with Crippen LogP contribution in [-0.2, 0) is 18.9 Å². The molecule has 4 nitrogen and oxygen atoms in total. The van der Waals surface area contributed by atoms with Crippen LogP contribution in [0.2, 0.25) is 0 Å². The first-order valence-electron chi connectivity index (χ1n) is 12.8. The van der Waals surface area contributed by atoms with Gasteiger partial charge in [-0.3, -0.25) is 0 Å². The van der Waals surface area contributed by atoms with Crippen molar-refractivity contribution in [1.82, 2.24) is 0 Å². The molecule has 0 N–H and O–H groups in total. The van der Waals surface area contributed by atoms with Gasteiger partial charge in [0, 0.05) is 35.0 Å². The van der Waals surface area contributed by atoms with E-state index in [2.05, 4.69) is 13.8 Å². The molecule has 0 aromatic carbocycles. The fraction of sp³-hybridized carbons (Fsp3) is 1.00. The van der Waals surface area contributed by atoms with Gasteiger partial charge in [0.2, 0.25) is 0 Å². The predicted octanol–water partition coefficient (Wildman–Crippen LogP) is 7.88. The molecule has 0 saturated carbocycles. The van der Waals surface area contributed by atoms with Crippen molar-refractivity contribution in [2.24, 2.45) is 5.41 Å². The molecule has 30 heavy (non-hydrogen) atoms. The van der Waals surface area contributed by atoms with Gasteiger partial charge >= 0.3 is 0 Å². The minimum atomic E-state index is -1.00. The van der Waals surface area contributed by atoms with Crippen molar-refractivity contribution in [2.75, 3.05) is 35.0 Å². The zero-order chi connectivity index (χ0) is 22.6. The van der Waals surface area contributed by atoms with E-state index in [1.165, 1.54) is 89.9 Å². The molecule has 0 aromatic rings. The summed E-state index contributed by atoms with van der Waals surface area (Å²) in [6.07, 6.45) is 21.3. The first-order valence-corrected chi connectivity index (χ1v) is 12.8. The van der Waals surface area contributed by atoms with E-state index >= 15 is 0 Å². The molecule has 0 aliphatic rings. The minimum Gasteiger partial charge on any atom is -0.385 e. The summed E-state index contributed by atoms with van der Waals surface area (Å²) in [7, 11) is 6.91. The van der Waals surface area contributed by atoms with Gasteiger partial charge in [-0.2, -0.15) is 0 Å². The fourth-order valence-corrected chi connectivity index (χ4v) is 4.87. The predicted molar refractivity (Wildman–Crippen MR) is 128 cm³/mol. The number of unbranched alkanes of at least 4 members (excludes halogenated alkanes) is 12. The number of ether oxygens (including phenoxy) is 4. The van der Waals surface area contributed by atoms with E-state index in [1.54, 1.807) is 28.4 Å². The Balaban J connectivity index is 4.97. The fourth-order valence-electron chi connectivity index (χ4n) is 4.87. The quantitative estimate of drug-likeness (QED) is 0.122. The normalized spacial score (nSPS) is 14.2. The van der Waals surface area contributed by atoms with Crippen molar-refractivity contribution in [1.29, 1.82) is 0 Å². The van der Waals surface area contributed by atoms with Crippen LogP contribution in [0.25, 0.3) is 0 Å². The maximum absolute atomic E-state index is 5.92. The highest BCUT2D eigenvalue weighted by molar-refractivity contribution is 4.89. The van der Waals surface area contributed by atoms with Gasteiger partial charge in [0.15, 0.2) is 0 Å². The Hall–Kier alpha value is -0.160. The highest BCUT2D eigenvalue weighted by Crippen LogP contribution is 2.47. The Bertz CT molecular complexity index is 349. The third kappa shape index (κ3) is 10.9. The van der Waals surface area contributed by atoms with Crippen LogP contribution in [0.1, 0.15) is 123 Å². The average molecular weight is 431 g/mol. The number of methoxy groups -OCH3 is 4. The molecule has 182 valence electrons. The molecule has 0 bridgehead atoms. The lowest BCUT2D eigenvalue weighted by atomic mass is 9.72. The molecule has 0 spiro atoms. The maximum Gasteiger partial charge on any atom is 0.288 e. The van der Waals surface area contributed by atoms with Gasteiger partial charge < -0.3 is 18.9 Å². The third-order valence-electron chi connectivity index (χ3n) is 6.76. The zero-order valence-corrected chi connectivity index (χ0v) is 21.4. The van der Waals surface area contributed by atoms with E-state index in [4.69, 9.17) is 18.9 Å². The Morgan fingerprint density at radius 3 is 1.17 bits per heavy atom. The molecule has 0 fully saturated rings. The molecule has 0 saturated heterocycles. The van der Waals surface area contributed by atoms with E-state index in [-0.39, 0.29) is 5.41 Å². The summed E-state index contributed by atoms with van der Waals surface area (Å²) in [5, 5.41) is 0. The summed E-state index contributed by atoms with van der Waals surface area (Å²) in [4.78, 5) is 0. The molecule has 0 aromatic heterocycles. The monoisotopic (exact) mass is 430 g/mol. The summed E-state index contributed by atoms with van der Waals surface area (Å²) in [5.74, 6) is -1.00. The second kappa shape index (κ2) is 19.5. The van der Waals surface area contributed by atoms with Gasteiger partial charge in [0.1, 0.15) is 0 Å². The van der Waals surface area contributed by atoms with Crippen molar-refractivity contribution in [3.8, 4) is 0 Å². The van der Waals surface area contributed by atoms with Crippen LogP contribution in [0.4, 0.5) is 0 Å². The molecule has 0 radical (unpaired) electrons. The van der Waals surface area contributed by atoms with Gasteiger partial charge in [-0.05, 0) is 19.3 Å². The Kier molecular flexibility index (Phi) is 19.4. The summed E-state index contributed by atoms with van der Waals surface area (Å²) in [6, 6.07) is 0. The molecule has 0 rings (SSSR count). The van der Waals surface area contributed by atoms with Crippen LogP contribution < -0.4 is 0 Å². The molecule has 0 aliphatic heterocycles. The first kappa shape index (κ1) is 29.8. The van der Waals surface area contributed by atoms with Gasteiger partial charge in [-0.1, -0.05) is 104 Å². The first-order chi connectivity index (χ1) is 14.6. The van der Waals surface area contributed by atoms with E-state index in [9.17, 15) is 0 Å². The summed E-state index contributed by atoms with van der Waals surface area (Å²) < 4.78 is 23.3. The SMILES string of the molecule is CCCCCCCCCCC(CCCCCCCC)(CCOC)C(OC)(OC)OC. The molecule has 0 heterocycles. The summed E-state index contributed by atoms with van der Waals surface area (Å²) in [5.41, 5.74) is -0.186. The lowest BCUT2D eigenvalue weighted by Crippen LogP contribution is -2.53. The molecule has 1 unspecified atom stereocenters. The zero-order valence-electron chi connectivity index (χ0n) is 21.4. The Morgan fingerprint density at radius 2 is 0.833 bits per heavy atom. The van der Waals surface area contributed by atoms with Gasteiger partial charge in [-0.25, -0.2) is 0 Å². The maximum atomic E-state index is 5.92. The van der Waals surface area contributed by atoms with Crippen molar-refractivity contribution >= 4 is 0 Å². The standard InChI is InChI=1S/C26H54O4/c1-7-9-11-13-15-16-18-20-22-25(23-24-27-3,26(28-4,29-5)30-6)21-19-17-14-12-10-8-2/h7-24H2,1-6H3. The van der Waals surface area contributed by atoms with Gasteiger partial charge in [0.05, 0.1) is 5.41 Å². The Morgan fingerprint density at radius 1 is 0.467 bits per heavy atom. The lowest BCUT2D eigenvalue weighted by Gasteiger charge is -2.47. The second-order valence-electron chi connectivity index (χ2n) is 8.93. The van der Waals surface area contributed by atoms with Crippen LogP contribution >= 0.6 is 0 Å². The second-order valence-corrected chi connectivity index (χ2v) is 8.93. The van der Waals surface area contributed by atoms with E-state index < -0.39 is 5.97 Å². The molecule has 4 heteroatoms. The van der Waals surface area contributed by atoms with Gasteiger partial charge in [0.25, 0.3) is 5.97 Å². The topological polar surface area (TPSA) is 36.9 Å². The van der Waals surface area contributed by atoms with Crippen LogP contribution in [0.15, 0.2) is 0 Å². The third-order valence-corrected chi connectivity index (χ3v) is 6.76. The van der Waals surface area contributed by atoms with Crippen LogP contribution in [0.3, 0.4) is 0 Å². The molecule has 0 amide bonds. The van der Waals surface area contributed by atoms with Crippen LogP contribution in [0.5, 0.6) is 0 Å². The highest BCUT2D eigenvalue weighted by atomic mass is 16.9. The highest BCUT2D eigenvalue weighted by Gasteiger charge is 2.52. The Labute approximate surface area is 188 Å². The molecule has 1 atom stereocenters. The molecular formula is C26H54O4. The summed E-state index contributed by atoms with van der Waals surface area (Å²) >= 11 is 0. The average Bonchev–Trinajstić information content (AvgIpc) is 2.77. The largest absolute Gasteiger partial charge is 0.385 e. The van der Waals surface area contributed by atoms with E-state index in [1.807, 2.05) is 0 Å². The van der Waals surface area contributed by atoms with Crippen LogP contribution in [0, 0.1) is 5.41 Å². The summed E-state index contributed by atoms with van der Waals surface area (Å²) in [6.45, 7) is 5.24. The number of rotatable bonds is 23.